The van der Waals surface area contributed by atoms with E-state index in [-0.39, 0.29) is 18.0 Å². The highest BCUT2D eigenvalue weighted by Gasteiger charge is 2.46. The standard InChI is InChI=1S/C24H30N4O2/c29-22(28-16-13-21(18-28)26-20-11-5-2-6-12-20)24(14-7-8-15-24)27-23(30)25-17-19-9-3-1-4-10-19/h1-6,9-12,21,26H,7-8,13-18H2,(H2,25,27,30). The molecule has 6 heteroatoms. The molecular formula is C24H30N4O2. The first-order chi connectivity index (χ1) is 14.6. The highest BCUT2D eigenvalue weighted by molar-refractivity contribution is 5.91. The van der Waals surface area contributed by atoms with Crippen molar-refractivity contribution in [3.8, 4) is 0 Å². The average Bonchev–Trinajstić information content (AvgIpc) is 3.44. The van der Waals surface area contributed by atoms with Crippen LogP contribution in [0.15, 0.2) is 60.7 Å². The van der Waals surface area contributed by atoms with E-state index in [9.17, 15) is 9.59 Å². The number of carbonyl (C=O) groups is 2. The quantitative estimate of drug-likeness (QED) is 0.687. The fourth-order valence-corrected chi connectivity index (χ4v) is 4.55. The van der Waals surface area contributed by atoms with Gasteiger partial charge in [-0.25, -0.2) is 4.79 Å². The van der Waals surface area contributed by atoms with E-state index in [1.165, 1.54) is 0 Å². The Bertz CT molecular complexity index is 850. The summed E-state index contributed by atoms with van der Waals surface area (Å²) < 4.78 is 0. The molecule has 0 radical (unpaired) electrons. The van der Waals surface area contributed by atoms with Crippen molar-refractivity contribution in [1.82, 2.24) is 15.5 Å². The number of nitrogens with zero attached hydrogens (tertiary/aromatic N) is 1. The minimum Gasteiger partial charge on any atom is -0.380 e. The van der Waals surface area contributed by atoms with Gasteiger partial charge in [-0.05, 0) is 37.0 Å². The van der Waals surface area contributed by atoms with Gasteiger partial charge in [0.15, 0.2) is 0 Å². The number of amides is 3. The van der Waals surface area contributed by atoms with E-state index in [0.717, 1.165) is 37.1 Å². The van der Waals surface area contributed by atoms with E-state index in [0.29, 0.717) is 25.9 Å². The van der Waals surface area contributed by atoms with Crippen LogP contribution >= 0.6 is 0 Å². The van der Waals surface area contributed by atoms with E-state index in [1.807, 2.05) is 65.6 Å². The molecule has 3 N–H and O–H groups in total. The summed E-state index contributed by atoms with van der Waals surface area (Å²) in [6.45, 7) is 1.84. The van der Waals surface area contributed by atoms with Crippen LogP contribution in [0.5, 0.6) is 0 Å². The molecule has 158 valence electrons. The fourth-order valence-electron chi connectivity index (χ4n) is 4.55. The summed E-state index contributed by atoms with van der Waals surface area (Å²) >= 11 is 0. The summed E-state index contributed by atoms with van der Waals surface area (Å²) in [6.07, 6.45) is 4.25. The Morgan fingerprint density at radius 2 is 1.63 bits per heavy atom. The van der Waals surface area contributed by atoms with Gasteiger partial charge in [0.25, 0.3) is 0 Å². The lowest BCUT2D eigenvalue weighted by molar-refractivity contribution is -0.136. The van der Waals surface area contributed by atoms with Gasteiger partial charge in [-0.1, -0.05) is 61.4 Å². The summed E-state index contributed by atoms with van der Waals surface area (Å²) in [5, 5.41) is 9.46. The monoisotopic (exact) mass is 406 g/mol. The molecule has 6 nitrogen and oxygen atoms in total. The minimum absolute atomic E-state index is 0.0622. The maximum absolute atomic E-state index is 13.4. The number of hydrogen-bond acceptors (Lipinski definition) is 3. The molecule has 30 heavy (non-hydrogen) atoms. The van der Waals surface area contributed by atoms with Crippen molar-refractivity contribution in [2.24, 2.45) is 0 Å². The van der Waals surface area contributed by atoms with Crippen LogP contribution in [0.3, 0.4) is 0 Å². The maximum Gasteiger partial charge on any atom is 0.315 e. The molecule has 0 aromatic heterocycles. The molecule has 1 heterocycles. The van der Waals surface area contributed by atoms with Crippen LogP contribution < -0.4 is 16.0 Å². The largest absolute Gasteiger partial charge is 0.380 e. The Morgan fingerprint density at radius 3 is 2.33 bits per heavy atom. The average molecular weight is 407 g/mol. The fraction of sp³-hybridized carbons (Fsp3) is 0.417. The van der Waals surface area contributed by atoms with E-state index >= 15 is 0 Å². The zero-order chi connectivity index (χ0) is 20.8. The predicted molar refractivity (Wildman–Crippen MR) is 118 cm³/mol. The molecular weight excluding hydrogens is 376 g/mol. The zero-order valence-electron chi connectivity index (χ0n) is 17.3. The van der Waals surface area contributed by atoms with Gasteiger partial charge in [-0.2, -0.15) is 0 Å². The van der Waals surface area contributed by atoms with E-state index in [2.05, 4.69) is 16.0 Å². The summed E-state index contributed by atoms with van der Waals surface area (Å²) in [4.78, 5) is 28.0. The van der Waals surface area contributed by atoms with Crippen molar-refractivity contribution in [3.63, 3.8) is 0 Å². The van der Waals surface area contributed by atoms with Gasteiger partial charge in [0, 0.05) is 31.4 Å². The van der Waals surface area contributed by atoms with Crippen LogP contribution in [0.1, 0.15) is 37.7 Å². The van der Waals surface area contributed by atoms with Gasteiger partial charge in [-0.15, -0.1) is 0 Å². The number of rotatable bonds is 6. The highest BCUT2D eigenvalue weighted by atomic mass is 16.2. The van der Waals surface area contributed by atoms with E-state index in [4.69, 9.17) is 0 Å². The molecule has 0 spiro atoms. The van der Waals surface area contributed by atoms with Gasteiger partial charge in [0.2, 0.25) is 5.91 Å². The molecule has 0 bridgehead atoms. The molecule has 1 saturated carbocycles. The molecule has 3 amide bonds. The Kier molecular flexibility index (Phi) is 6.21. The Labute approximate surface area is 178 Å². The second-order valence-corrected chi connectivity index (χ2v) is 8.33. The van der Waals surface area contributed by atoms with Crippen molar-refractivity contribution < 1.29 is 9.59 Å². The summed E-state index contributed by atoms with van der Waals surface area (Å²) in [5.41, 5.74) is 1.34. The normalized spacial score (nSPS) is 20.0. The molecule has 1 aliphatic carbocycles. The third-order valence-corrected chi connectivity index (χ3v) is 6.14. The Hall–Kier alpha value is -3.02. The van der Waals surface area contributed by atoms with Crippen molar-refractivity contribution in [2.75, 3.05) is 18.4 Å². The molecule has 1 aliphatic heterocycles. The molecule has 2 aliphatic rings. The number of benzene rings is 2. The number of anilines is 1. The number of hydrogen-bond donors (Lipinski definition) is 3. The molecule has 2 aromatic carbocycles. The van der Waals surface area contributed by atoms with Crippen LogP contribution in [-0.2, 0) is 11.3 Å². The summed E-state index contributed by atoms with van der Waals surface area (Å²) in [5.74, 6) is 0.0622. The molecule has 1 unspecified atom stereocenters. The minimum atomic E-state index is -0.775. The predicted octanol–water partition coefficient (Wildman–Crippen LogP) is 3.51. The first-order valence-corrected chi connectivity index (χ1v) is 10.9. The van der Waals surface area contributed by atoms with Crippen molar-refractivity contribution in [2.45, 2.75) is 50.2 Å². The van der Waals surface area contributed by atoms with Gasteiger partial charge in [0.05, 0.1) is 0 Å². The lowest BCUT2D eigenvalue weighted by atomic mass is 9.95. The number of urea groups is 1. The van der Waals surface area contributed by atoms with Crippen LogP contribution in [0, 0.1) is 0 Å². The topological polar surface area (TPSA) is 73.5 Å². The number of nitrogens with one attached hydrogen (secondary N) is 3. The van der Waals surface area contributed by atoms with Crippen LogP contribution in [-0.4, -0.2) is 41.5 Å². The lowest BCUT2D eigenvalue weighted by Crippen LogP contribution is -2.59. The highest BCUT2D eigenvalue weighted by Crippen LogP contribution is 2.33. The molecule has 4 rings (SSSR count). The summed E-state index contributed by atoms with van der Waals surface area (Å²) in [7, 11) is 0. The van der Waals surface area contributed by atoms with Crippen LogP contribution in [0.4, 0.5) is 10.5 Å². The van der Waals surface area contributed by atoms with E-state index in [1.54, 1.807) is 0 Å². The number of para-hydroxylation sites is 1. The van der Waals surface area contributed by atoms with Crippen molar-refractivity contribution >= 4 is 17.6 Å². The number of carbonyl (C=O) groups excluding carboxylic acids is 2. The molecule has 2 aromatic rings. The first kappa shape index (κ1) is 20.3. The summed E-state index contributed by atoms with van der Waals surface area (Å²) in [6, 6.07) is 19.9. The second kappa shape index (κ2) is 9.20. The third-order valence-electron chi connectivity index (χ3n) is 6.14. The molecule has 2 fully saturated rings. The van der Waals surface area contributed by atoms with Gasteiger partial charge >= 0.3 is 6.03 Å². The van der Waals surface area contributed by atoms with E-state index < -0.39 is 5.54 Å². The lowest BCUT2D eigenvalue weighted by Gasteiger charge is -2.33. The molecule has 1 atom stereocenters. The third kappa shape index (κ3) is 4.75. The zero-order valence-corrected chi connectivity index (χ0v) is 17.3. The number of likely N-dealkylation sites (tertiary alicyclic amines) is 1. The maximum atomic E-state index is 13.4. The Morgan fingerprint density at radius 1 is 0.967 bits per heavy atom. The molecule has 1 saturated heterocycles. The van der Waals surface area contributed by atoms with Crippen LogP contribution in [0.2, 0.25) is 0 Å². The van der Waals surface area contributed by atoms with Crippen molar-refractivity contribution in [3.05, 3.63) is 66.2 Å². The van der Waals surface area contributed by atoms with Gasteiger partial charge in [0.1, 0.15) is 5.54 Å². The van der Waals surface area contributed by atoms with Crippen molar-refractivity contribution in [1.29, 1.82) is 0 Å². The van der Waals surface area contributed by atoms with Gasteiger partial charge in [-0.3, -0.25) is 4.79 Å². The SMILES string of the molecule is O=C(NCc1ccccc1)NC1(C(=O)N2CCC(Nc3ccccc3)C2)CCCC1. The Balaban J connectivity index is 1.34. The second-order valence-electron chi connectivity index (χ2n) is 8.33. The smallest absolute Gasteiger partial charge is 0.315 e. The van der Waals surface area contributed by atoms with Crippen LogP contribution in [0.25, 0.3) is 0 Å². The van der Waals surface area contributed by atoms with Gasteiger partial charge < -0.3 is 20.9 Å². The first-order valence-electron chi connectivity index (χ1n) is 10.9.